The Bertz CT molecular complexity index is 1170. The lowest BCUT2D eigenvalue weighted by atomic mass is 10.1. The number of carbonyl (C=O) groups is 1. The quantitative estimate of drug-likeness (QED) is 0.298. The standard InChI is InChI=1S/C20H18Cl2N4OS2.ClH/c1-12-4-5-15-17(13(12)2)24-20(28-15)26(8-3-7-25-9-6-23-11-25)19(27)14-10-16(21)29-18(14)22;/h4-6,9-11H,3,7-8H2,1-2H3;1H. The van der Waals surface area contributed by atoms with E-state index in [0.717, 1.165) is 28.7 Å². The fourth-order valence-electron chi connectivity index (χ4n) is 3.08. The van der Waals surface area contributed by atoms with Crippen molar-refractivity contribution >= 4 is 79.5 Å². The van der Waals surface area contributed by atoms with Crippen LogP contribution in [0.4, 0.5) is 5.13 Å². The van der Waals surface area contributed by atoms with E-state index in [1.165, 1.54) is 28.2 Å². The second kappa shape index (κ2) is 9.66. The van der Waals surface area contributed by atoms with Crippen LogP contribution in [-0.2, 0) is 6.54 Å². The van der Waals surface area contributed by atoms with Crippen molar-refractivity contribution in [2.75, 3.05) is 11.4 Å². The molecule has 0 fully saturated rings. The third-order valence-corrected chi connectivity index (χ3v) is 7.33. The highest BCUT2D eigenvalue weighted by Crippen LogP contribution is 2.36. The number of aryl methyl sites for hydroxylation is 3. The minimum atomic E-state index is -0.183. The third kappa shape index (κ3) is 4.65. The van der Waals surface area contributed by atoms with Crippen molar-refractivity contribution < 1.29 is 4.79 Å². The van der Waals surface area contributed by atoms with Crippen LogP contribution in [0.25, 0.3) is 10.2 Å². The lowest BCUT2D eigenvalue weighted by Crippen LogP contribution is -2.32. The van der Waals surface area contributed by atoms with Gasteiger partial charge in [-0.25, -0.2) is 9.97 Å². The number of nitrogens with zero attached hydrogens (tertiary/aromatic N) is 4. The van der Waals surface area contributed by atoms with Crippen LogP contribution in [0.3, 0.4) is 0 Å². The number of carbonyl (C=O) groups excluding carboxylic acids is 1. The van der Waals surface area contributed by atoms with Crippen LogP contribution in [0.1, 0.15) is 27.9 Å². The molecule has 4 rings (SSSR count). The Balaban J connectivity index is 0.00000256. The maximum atomic E-state index is 13.3. The highest BCUT2D eigenvalue weighted by atomic mass is 35.5. The molecular weight excluding hydrogens is 483 g/mol. The van der Waals surface area contributed by atoms with Crippen molar-refractivity contribution in [2.45, 2.75) is 26.8 Å². The Morgan fingerprint density at radius 3 is 2.70 bits per heavy atom. The predicted octanol–water partition coefficient (Wildman–Crippen LogP) is 6.64. The number of amides is 1. The first-order chi connectivity index (χ1) is 13.9. The van der Waals surface area contributed by atoms with Gasteiger partial charge in [0.05, 0.1) is 26.4 Å². The molecule has 0 unspecified atom stereocenters. The Morgan fingerprint density at radius 1 is 1.23 bits per heavy atom. The zero-order chi connectivity index (χ0) is 20.5. The van der Waals surface area contributed by atoms with Gasteiger partial charge in [0.1, 0.15) is 4.34 Å². The Labute approximate surface area is 198 Å². The summed E-state index contributed by atoms with van der Waals surface area (Å²) in [6.07, 6.45) is 6.18. The van der Waals surface area contributed by atoms with Gasteiger partial charge >= 0.3 is 0 Å². The van der Waals surface area contributed by atoms with Crippen molar-refractivity contribution in [1.29, 1.82) is 0 Å². The maximum Gasteiger partial charge on any atom is 0.262 e. The molecule has 5 nitrogen and oxygen atoms in total. The van der Waals surface area contributed by atoms with E-state index in [2.05, 4.69) is 31.0 Å². The number of thiazole rings is 1. The van der Waals surface area contributed by atoms with Gasteiger partial charge in [0, 0.05) is 25.5 Å². The Kier molecular flexibility index (Phi) is 7.42. The second-order valence-corrected chi connectivity index (χ2v) is 9.99. The number of benzene rings is 1. The van der Waals surface area contributed by atoms with Gasteiger partial charge in [-0.2, -0.15) is 0 Å². The fourth-order valence-corrected chi connectivity index (χ4v) is 5.57. The summed E-state index contributed by atoms with van der Waals surface area (Å²) in [5.74, 6) is -0.183. The monoisotopic (exact) mass is 500 g/mol. The molecule has 4 aromatic rings. The zero-order valence-electron chi connectivity index (χ0n) is 16.3. The van der Waals surface area contributed by atoms with E-state index in [4.69, 9.17) is 28.2 Å². The Hall–Kier alpha value is -1.64. The van der Waals surface area contributed by atoms with E-state index in [0.29, 0.717) is 25.9 Å². The zero-order valence-corrected chi connectivity index (χ0v) is 20.2. The molecule has 1 amide bonds. The van der Waals surface area contributed by atoms with Gasteiger partial charge in [0.25, 0.3) is 5.91 Å². The molecular formula is C20H19Cl3N4OS2. The van der Waals surface area contributed by atoms with E-state index in [9.17, 15) is 4.79 Å². The van der Waals surface area contributed by atoms with Gasteiger partial charge < -0.3 is 4.57 Å². The third-order valence-electron chi connectivity index (χ3n) is 4.79. The van der Waals surface area contributed by atoms with E-state index in [-0.39, 0.29) is 18.3 Å². The number of hydrogen-bond donors (Lipinski definition) is 0. The first kappa shape index (κ1) is 23.0. The molecule has 30 heavy (non-hydrogen) atoms. The van der Waals surface area contributed by atoms with E-state index < -0.39 is 0 Å². The fraction of sp³-hybridized carbons (Fsp3) is 0.250. The number of rotatable bonds is 6. The minimum absolute atomic E-state index is 0. The van der Waals surface area contributed by atoms with Gasteiger partial charge in [-0.1, -0.05) is 40.6 Å². The van der Waals surface area contributed by atoms with E-state index >= 15 is 0 Å². The SMILES string of the molecule is Cc1ccc2sc(N(CCCn3ccnc3)C(=O)c3cc(Cl)sc3Cl)nc2c1C.Cl. The molecule has 3 aromatic heterocycles. The minimum Gasteiger partial charge on any atom is -0.337 e. The van der Waals surface area contributed by atoms with Crippen molar-refractivity contribution in [3.63, 3.8) is 0 Å². The van der Waals surface area contributed by atoms with Gasteiger partial charge in [0.15, 0.2) is 5.13 Å². The number of halogens is 3. The highest BCUT2D eigenvalue weighted by Gasteiger charge is 2.25. The summed E-state index contributed by atoms with van der Waals surface area (Å²) in [5.41, 5.74) is 3.66. The molecule has 10 heteroatoms. The summed E-state index contributed by atoms with van der Waals surface area (Å²) in [4.78, 5) is 23.9. The van der Waals surface area contributed by atoms with Crippen LogP contribution < -0.4 is 4.90 Å². The first-order valence-electron chi connectivity index (χ1n) is 9.03. The molecule has 0 aliphatic carbocycles. The summed E-state index contributed by atoms with van der Waals surface area (Å²) >= 11 is 15.1. The molecule has 0 saturated heterocycles. The number of thiophene rings is 1. The van der Waals surface area contributed by atoms with Crippen LogP contribution in [-0.4, -0.2) is 27.0 Å². The van der Waals surface area contributed by atoms with E-state index in [1.807, 2.05) is 10.8 Å². The molecule has 158 valence electrons. The van der Waals surface area contributed by atoms with Crippen molar-refractivity contribution in [3.8, 4) is 0 Å². The topological polar surface area (TPSA) is 51.0 Å². The molecule has 0 N–H and O–H groups in total. The second-order valence-electron chi connectivity index (χ2n) is 6.70. The number of fused-ring (bicyclic) bond motifs is 1. The summed E-state index contributed by atoms with van der Waals surface area (Å²) in [6.45, 7) is 5.39. The molecule has 0 atom stereocenters. The van der Waals surface area contributed by atoms with Crippen LogP contribution in [0, 0.1) is 13.8 Å². The lowest BCUT2D eigenvalue weighted by Gasteiger charge is -2.19. The largest absolute Gasteiger partial charge is 0.337 e. The molecule has 0 aliphatic rings. The molecule has 0 aliphatic heterocycles. The van der Waals surface area contributed by atoms with Crippen LogP contribution in [0.2, 0.25) is 8.67 Å². The first-order valence-corrected chi connectivity index (χ1v) is 11.4. The van der Waals surface area contributed by atoms with Crippen LogP contribution in [0.15, 0.2) is 36.9 Å². The smallest absolute Gasteiger partial charge is 0.262 e. The summed E-state index contributed by atoms with van der Waals surface area (Å²) < 4.78 is 3.94. The molecule has 3 heterocycles. The maximum absolute atomic E-state index is 13.3. The number of hydrogen-bond acceptors (Lipinski definition) is 5. The highest BCUT2D eigenvalue weighted by molar-refractivity contribution is 7.22. The number of aromatic nitrogens is 3. The van der Waals surface area contributed by atoms with Gasteiger partial charge in [0.2, 0.25) is 0 Å². The van der Waals surface area contributed by atoms with Crippen molar-refractivity contribution in [2.24, 2.45) is 0 Å². The van der Waals surface area contributed by atoms with Crippen molar-refractivity contribution in [3.05, 3.63) is 62.3 Å². The van der Waals surface area contributed by atoms with Gasteiger partial charge in [-0.05, 0) is 43.5 Å². The van der Waals surface area contributed by atoms with Crippen LogP contribution in [0.5, 0.6) is 0 Å². The van der Waals surface area contributed by atoms with Crippen LogP contribution >= 0.6 is 58.3 Å². The lowest BCUT2D eigenvalue weighted by molar-refractivity contribution is 0.0987. The molecule has 0 radical (unpaired) electrons. The molecule has 0 spiro atoms. The molecule has 0 bridgehead atoms. The number of anilines is 1. The number of imidazole rings is 1. The van der Waals surface area contributed by atoms with Crippen molar-refractivity contribution in [1.82, 2.24) is 14.5 Å². The predicted molar refractivity (Wildman–Crippen MR) is 129 cm³/mol. The molecule has 1 aromatic carbocycles. The summed E-state index contributed by atoms with van der Waals surface area (Å²) in [5, 5.41) is 0.669. The normalized spacial score (nSPS) is 10.9. The van der Waals surface area contributed by atoms with Gasteiger partial charge in [-0.3, -0.25) is 9.69 Å². The molecule has 0 saturated carbocycles. The van der Waals surface area contributed by atoms with Gasteiger partial charge in [-0.15, -0.1) is 23.7 Å². The summed E-state index contributed by atoms with van der Waals surface area (Å²) in [6, 6.07) is 5.77. The summed E-state index contributed by atoms with van der Waals surface area (Å²) in [7, 11) is 0. The Morgan fingerprint density at radius 2 is 2.03 bits per heavy atom. The average molecular weight is 502 g/mol. The average Bonchev–Trinajstić information content (AvgIpc) is 3.41. The van der Waals surface area contributed by atoms with E-state index in [1.54, 1.807) is 23.5 Å².